The molecule has 0 saturated heterocycles. The molecule has 0 aliphatic heterocycles. The van der Waals surface area contributed by atoms with Crippen LogP contribution in [-0.2, 0) is 6.42 Å². The average Bonchev–Trinajstić information content (AvgIpc) is 3.35. The van der Waals surface area contributed by atoms with Gasteiger partial charge in [0.25, 0.3) is 0 Å². The standard InChI is InChI=1S/C16H26N4/c1-3-9-17-14-10-15(20-13(4-2)19-14)18-11-16(7-8-16)12-5-6-12/h10,12H,3-9,11H2,1-2H3,(H2,17,18,19,20). The first kappa shape index (κ1) is 13.7. The number of aryl methyl sites for hydroxylation is 1. The Labute approximate surface area is 121 Å². The maximum absolute atomic E-state index is 4.61. The molecule has 2 saturated carbocycles. The molecule has 1 aromatic rings. The van der Waals surface area contributed by atoms with Crippen molar-refractivity contribution in [3.8, 4) is 0 Å². The summed E-state index contributed by atoms with van der Waals surface area (Å²) >= 11 is 0. The second-order valence-corrected chi connectivity index (χ2v) is 6.33. The van der Waals surface area contributed by atoms with Gasteiger partial charge >= 0.3 is 0 Å². The summed E-state index contributed by atoms with van der Waals surface area (Å²) in [6.45, 7) is 6.33. The molecular formula is C16H26N4. The van der Waals surface area contributed by atoms with Crippen LogP contribution in [-0.4, -0.2) is 23.1 Å². The van der Waals surface area contributed by atoms with E-state index in [9.17, 15) is 0 Å². The molecular weight excluding hydrogens is 248 g/mol. The highest BCUT2D eigenvalue weighted by Crippen LogP contribution is 2.61. The Kier molecular flexibility index (Phi) is 3.81. The summed E-state index contributed by atoms with van der Waals surface area (Å²) < 4.78 is 0. The van der Waals surface area contributed by atoms with Gasteiger partial charge in [0, 0.05) is 25.6 Å². The third-order valence-electron chi connectivity index (χ3n) is 4.60. The van der Waals surface area contributed by atoms with Crippen molar-refractivity contribution in [3.63, 3.8) is 0 Å². The van der Waals surface area contributed by atoms with Crippen molar-refractivity contribution in [2.24, 2.45) is 11.3 Å². The predicted octanol–water partition coefficient (Wildman–Crippen LogP) is 3.46. The van der Waals surface area contributed by atoms with Crippen LogP contribution >= 0.6 is 0 Å². The van der Waals surface area contributed by atoms with Crippen LogP contribution in [0.5, 0.6) is 0 Å². The van der Waals surface area contributed by atoms with E-state index in [0.29, 0.717) is 5.41 Å². The number of nitrogens with zero attached hydrogens (tertiary/aromatic N) is 2. The smallest absolute Gasteiger partial charge is 0.132 e. The first-order valence-electron chi connectivity index (χ1n) is 8.11. The molecule has 0 atom stereocenters. The average molecular weight is 274 g/mol. The lowest BCUT2D eigenvalue weighted by Crippen LogP contribution is -2.18. The molecule has 0 unspecified atom stereocenters. The molecule has 1 heterocycles. The molecule has 2 N–H and O–H groups in total. The number of aromatic nitrogens is 2. The van der Waals surface area contributed by atoms with Crippen LogP contribution in [0.15, 0.2) is 6.07 Å². The molecule has 1 aromatic heterocycles. The summed E-state index contributed by atoms with van der Waals surface area (Å²) in [4.78, 5) is 9.14. The minimum absolute atomic E-state index is 0.605. The van der Waals surface area contributed by atoms with Crippen molar-refractivity contribution in [1.29, 1.82) is 0 Å². The monoisotopic (exact) mass is 274 g/mol. The summed E-state index contributed by atoms with van der Waals surface area (Å²) in [6.07, 6.45) is 7.67. The third kappa shape index (κ3) is 3.05. The fourth-order valence-electron chi connectivity index (χ4n) is 2.94. The van der Waals surface area contributed by atoms with Crippen LogP contribution in [0.1, 0.15) is 51.8 Å². The van der Waals surface area contributed by atoms with Gasteiger partial charge in [0.05, 0.1) is 0 Å². The normalized spacial score (nSPS) is 19.7. The van der Waals surface area contributed by atoms with Crippen LogP contribution in [0.3, 0.4) is 0 Å². The first-order valence-corrected chi connectivity index (χ1v) is 8.11. The van der Waals surface area contributed by atoms with Gasteiger partial charge in [0.15, 0.2) is 0 Å². The van der Waals surface area contributed by atoms with E-state index in [4.69, 9.17) is 0 Å². The van der Waals surface area contributed by atoms with Gasteiger partial charge in [-0.15, -0.1) is 0 Å². The Bertz CT molecular complexity index is 464. The lowest BCUT2D eigenvalue weighted by molar-refractivity contribution is 0.466. The van der Waals surface area contributed by atoms with Crippen molar-refractivity contribution < 1.29 is 0 Å². The maximum atomic E-state index is 4.61. The van der Waals surface area contributed by atoms with Crippen molar-refractivity contribution in [2.45, 2.75) is 52.4 Å². The van der Waals surface area contributed by atoms with Crippen LogP contribution in [0.4, 0.5) is 11.6 Å². The second kappa shape index (κ2) is 5.58. The van der Waals surface area contributed by atoms with Gasteiger partial charge in [-0.3, -0.25) is 0 Å². The van der Waals surface area contributed by atoms with E-state index in [-0.39, 0.29) is 0 Å². The highest BCUT2D eigenvalue weighted by atomic mass is 15.1. The summed E-state index contributed by atoms with van der Waals surface area (Å²) in [7, 11) is 0. The minimum Gasteiger partial charge on any atom is -0.370 e. The van der Waals surface area contributed by atoms with Gasteiger partial charge in [-0.25, -0.2) is 9.97 Å². The molecule has 2 aliphatic rings. The Morgan fingerprint density at radius 3 is 2.40 bits per heavy atom. The molecule has 110 valence electrons. The van der Waals surface area contributed by atoms with E-state index in [1.165, 1.54) is 25.7 Å². The number of nitrogens with one attached hydrogen (secondary N) is 2. The van der Waals surface area contributed by atoms with Gasteiger partial charge < -0.3 is 10.6 Å². The molecule has 0 amide bonds. The summed E-state index contributed by atoms with van der Waals surface area (Å²) in [5.41, 5.74) is 0.605. The minimum atomic E-state index is 0.605. The fraction of sp³-hybridized carbons (Fsp3) is 0.750. The van der Waals surface area contributed by atoms with Gasteiger partial charge in [-0.2, -0.15) is 0 Å². The molecule has 4 nitrogen and oxygen atoms in total. The zero-order chi connectivity index (χ0) is 14.0. The lowest BCUT2D eigenvalue weighted by atomic mass is 10.0. The van der Waals surface area contributed by atoms with E-state index >= 15 is 0 Å². The van der Waals surface area contributed by atoms with Gasteiger partial charge in [-0.1, -0.05) is 13.8 Å². The van der Waals surface area contributed by atoms with E-state index < -0.39 is 0 Å². The Balaban J connectivity index is 1.64. The molecule has 0 radical (unpaired) electrons. The van der Waals surface area contributed by atoms with E-state index in [1.54, 1.807) is 0 Å². The van der Waals surface area contributed by atoms with Crippen LogP contribution in [0.25, 0.3) is 0 Å². The molecule has 3 rings (SSSR count). The highest BCUT2D eigenvalue weighted by molar-refractivity contribution is 5.48. The molecule has 20 heavy (non-hydrogen) atoms. The molecule has 0 aromatic carbocycles. The van der Waals surface area contributed by atoms with Crippen molar-refractivity contribution >= 4 is 11.6 Å². The fourth-order valence-corrected chi connectivity index (χ4v) is 2.94. The highest BCUT2D eigenvalue weighted by Gasteiger charge is 2.53. The zero-order valence-corrected chi connectivity index (χ0v) is 12.7. The first-order chi connectivity index (χ1) is 9.75. The van der Waals surface area contributed by atoms with E-state index in [0.717, 1.165) is 49.3 Å². The second-order valence-electron chi connectivity index (χ2n) is 6.33. The van der Waals surface area contributed by atoms with Crippen molar-refractivity contribution in [3.05, 3.63) is 11.9 Å². The van der Waals surface area contributed by atoms with E-state index in [2.05, 4.69) is 40.5 Å². The largest absolute Gasteiger partial charge is 0.370 e. The Morgan fingerprint density at radius 2 is 1.85 bits per heavy atom. The SMILES string of the molecule is CCCNc1cc(NCC2(C3CC3)CC2)nc(CC)n1. The number of hydrogen-bond donors (Lipinski definition) is 2. The number of hydrogen-bond acceptors (Lipinski definition) is 4. The quantitative estimate of drug-likeness (QED) is 0.762. The number of rotatable bonds is 8. The third-order valence-corrected chi connectivity index (χ3v) is 4.60. The van der Waals surface area contributed by atoms with Crippen molar-refractivity contribution in [2.75, 3.05) is 23.7 Å². The molecule has 4 heteroatoms. The van der Waals surface area contributed by atoms with Crippen LogP contribution < -0.4 is 10.6 Å². The summed E-state index contributed by atoms with van der Waals surface area (Å²) in [5, 5.41) is 6.94. The van der Waals surface area contributed by atoms with Gasteiger partial charge in [0.1, 0.15) is 17.5 Å². The van der Waals surface area contributed by atoms with Gasteiger partial charge in [0.2, 0.25) is 0 Å². The number of anilines is 2. The van der Waals surface area contributed by atoms with Crippen LogP contribution in [0.2, 0.25) is 0 Å². The maximum Gasteiger partial charge on any atom is 0.132 e. The predicted molar refractivity (Wildman–Crippen MR) is 83.1 cm³/mol. The lowest BCUT2D eigenvalue weighted by Gasteiger charge is -2.16. The zero-order valence-electron chi connectivity index (χ0n) is 12.7. The molecule has 2 aliphatic carbocycles. The Morgan fingerprint density at radius 1 is 1.15 bits per heavy atom. The molecule has 2 fully saturated rings. The van der Waals surface area contributed by atoms with E-state index in [1.807, 2.05) is 0 Å². The molecule has 0 spiro atoms. The molecule has 0 bridgehead atoms. The summed E-state index contributed by atoms with van der Waals surface area (Å²) in [6, 6.07) is 2.05. The summed E-state index contributed by atoms with van der Waals surface area (Å²) in [5.74, 6) is 3.85. The van der Waals surface area contributed by atoms with Crippen molar-refractivity contribution in [1.82, 2.24) is 9.97 Å². The van der Waals surface area contributed by atoms with Gasteiger partial charge in [-0.05, 0) is 43.4 Å². The Hall–Kier alpha value is -1.32. The topological polar surface area (TPSA) is 49.8 Å². The van der Waals surface area contributed by atoms with Crippen LogP contribution in [0, 0.1) is 11.3 Å².